The van der Waals surface area contributed by atoms with E-state index >= 15 is 0 Å². The topological polar surface area (TPSA) is 61.8 Å². The molecule has 1 aliphatic rings. The lowest BCUT2D eigenvalue weighted by Gasteiger charge is -2.24. The van der Waals surface area contributed by atoms with Crippen molar-refractivity contribution in [2.75, 3.05) is 23.3 Å². The number of nitrogens with zero attached hydrogens (tertiary/aromatic N) is 1. The third kappa shape index (κ3) is 2.67. The number of rotatable bonds is 3. The Balaban J connectivity index is 2.07. The fourth-order valence-corrected chi connectivity index (χ4v) is 3.32. The van der Waals surface area contributed by atoms with Crippen LogP contribution in [0.1, 0.15) is 25.3 Å². The minimum Gasteiger partial charge on any atom is -0.396 e. The lowest BCUT2D eigenvalue weighted by Crippen LogP contribution is -2.27. The molecule has 0 radical (unpaired) electrons. The van der Waals surface area contributed by atoms with Gasteiger partial charge in [-0.2, -0.15) is 17.0 Å². The van der Waals surface area contributed by atoms with E-state index in [-0.39, 0.29) is 0 Å². The van der Waals surface area contributed by atoms with Crippen LogP contribution in [0.5, 0.6) is 0 Å². The molecule has 1 heterocycles. The highest BCUT2D eigenvalue weighted by molar-refractivity contribution is 8.00. The van der Waals surface area contributed by atoms with Gasteiger partial charge in [-0.3, -0.25) is 0 Å². The maximum atomic E-state index is 8.91. The summed E-state index contributed by atoms with van der Waals surface area (Å²) in [7, 11) is 0. The van der Waals surface area contributed by atoms with E-state index < -0.39 is 0 Å². The third-order valence-electron chi connectivity index (χ3n) is 3.18. The molecule has 1 atom stereocenters. The van der Waals surface area contributed by atoms with Crippen LogP contribution >= 0.6 is 11.8 Å². The number of hydrogen-bond acceptors (Lipinski definition) is 4. The summed E-state index contributed by atoms with van der Waals surface area (Å²) in [5.74, 6) is 1.24. The lowest BCUT2D eigenvalue weighted by molar-refractivity contribution is 0.635. The Kier molecular flexibility index (Phi) is 3.49. The predicted molar refractivity (Wildman–Crippen MR) is 74.2 cm³/mol. The fourth-order valence-electron chi connectivity index (χ4n) is 2.08. The average Bonchev–Trinajstić information content (AvgIpc) is 2.75. The number of anilines is 2. The Morgan fingerprint density at radius 1 is 1.59 bits per heavy atom. The van der Waals surface area contributed by atoms with Crippen LogP contribution in [0.2, 0.25) is 0 Å². The van der Waals surface area contributed by atoms with E-state index in [4.69, 9.17) is 11.0 Å². The summed E-state index contributed by atoms with van der Waals surface area (Å²) in [5, 5.41) is 12.3. The highest BCUT2D eigenvalue weighted by atomic mass is 32.2. The van der Waals surface area contributed by atoms with Crippen LogP contribution in [0.25, 0.3) is 0 Å². The molecule has 3 nitrogen and oxygen atoms in total. The Hall–Kier alpha value is -1.34. The van der Waals surface area contributed by atoms with Crippen molar-refractivity contribution in [3.05, 3.63) is 23.8 Å². The van der Waals surface area contributed by atoms with Gasteiger partial charge < -0.3 is 11.1 Å². The fraction of sp³-hybridized carbons (Fsp3) is 0.462. The van der Waals surface area contributed by atoms with Gasteiger partial charge in [0.15, 0.2) is 0 Å². The molecular weight excluding hydrogens is 230 g/mol. The highest BCUT2D eigenvalue weighted by Gasteiger charge is 2.29. The molecule has 0 saturated carbocycles. The molecule has 90 valence electrons. The normalized spacial score (nSPS) is 23.3. The summed E-state index contributed by atoms with van der Waals surface area (Å²) < 4.78 is 0.301. The zero-order valence-corrected chi connectivity index (χ0v) is 10.8. The highest BCUT2D eigenvalue weighted by Crippen LogP contribution is 2.38. The van der Waals surface area contributed by atoms with Gasteiger partial charge in [-0.05, 0) is 37.7 Å². The van der Waals surface area contributed by atoms with Crippen molar-refractivity contribution >= 4 is 23.1 Å². The first-order valence-electron chi connectivity index (χ1n) is 5.81. The molecule has 0 aliphatic carbocycles. The first-order chi connectivity index (χ1) is 8.14. The number of nitrogens with one attached hydrogen (secondary N) is 1. The molecule has 0 aromatic heterocycles. The SMILES string of the molecule is CC1(CNc2cccc(C#N)c2N)CCCS1. The van der Waals surface area contributed by atoms with Gasteiger partial charge in [-0.1, -0.05) is 6.07 Å². The zero-order chi connectivity index (χ0) is 12.3. The van der Waals surface area contributed by atoms with Gasteiger partial charge in [0.2, 0.25) is 0 Å². The van der Waals surface area contributed by atoms with Crippen LogP contribution in [-0.2, 0) is 0 Å². The summed E-state index contributed by atoms with van der Waals surface area (Å²) in [5.41, 5.74) is 7.90. The average molecular weight is 247 g/mol. The molecule has 3 N–H and O–H groups in total. The third-order valence-corrected chi connectivity index (χ3v) is 4.72. The smallest absolute Gasteiger partial charge is 0.101 e. The number of hydrogen-bond donors (Lipinski definition) is 2. The summed E-state index contributed by atoms with van der Waals surface area (Å²) in [6.07, 6.45) is 2.53. The summed E-state index contributed by atoms with van der Waals surface area (Å²) in [4.78, 5) is 0. The Labute approximate surface area is 106 Å². The zero-order valence-electron chi connectivity index (χ0n) is 9.99. The van der Waals surface area contributed by atoms with Crippen LogP contribution in [0.3, 0.4) is 0 Å². The molecule has 1 saturated heterocycles. The number of benzene rings is 1. The second-order valence-electron chi connectivity index (χ2n) is 4.63. The second-order valence-corrected chi connectivity index (χ2v) is 6.32. The van der Waals surface area contributed by atoms with E-state index in [1.54, 1.807) is 6.07 Å². The molecule has 17 heavy (non-hydrogen) atoms. The van der Waals surface area contributed by atoms with Crippen molar-refractivity contribution in [3.8, 4) is 6.07 Å². The van der Waals surface area contributed by atoms with Gasteiger partial charge in [0, 0.05) is 11.3 Å². The second kappa shape index (κ2) is 4.89. The molecule has 1 aromatic carbocycles. The molecule has 1 aromatic rings. The Morgan fingerprint density at radius 3 is 3.06 bits per heavy atom. The van der Waals surface area contributed by atoms with E-state index in [0.717, 1.165) is 12.2 Å². The molecule has 1 aliphatic heterocycles. The quantitative estimate of drug-likeness (QED) is 0.806. The molecule has 0 bridgehead atoms. The molecule has 1 fully saturated rings. The van der Waals surface area contributed by atoms with Crippen molar-refractivity contribution in [3.63, 3.8) is 0 Å². The first-order valence-corrected chi connectivity index (χ1v) is 6.80. The van der Waals surface area contributed by atoms with Gasteiger partial charge in [0.05, 0.1) is 16.9 Å². The number of nitrogens with two attached hydrogens (primary N) is 1. The number of nitriles is 1. The largest absolute Gasteiger partial charge is 0.396 e. The van der Waals surface area contributed by atoms with Crippen LogP contribution < -0.4 is 11.1 Å². The molecular formula is C13H17N3S. The first kappa shape index (κ1) is 12.1. The van der Waals surface area contributed by atoms with E-state index in [0.29, 0.717) is 16.0 Å². The minimum absolute atomic E-state index is 0.301. The lowest BCUT2D eigenvalue weighted by atomic mass is 10.1. The summed E-state index contributed by atoms with van der Waals surface area (Å²) in [6, 6.07) is 7.64. The Bertz CT molecular complexity index is 444. The van der Waals surface area contributed by atoms with Crippen molar-refractivity contribution in [1.29, 1.82) is 5.26 Å². The summed E-state index contributed by atoms with van der Waals surface area (Å²) in [6.45, 7) is 3.18. The van der Waals surface area contributed by atoms with Crippen LogP contribution in [0.4, 0.5) is 11.4 Å². The van der Waals surface area contributed by atoms with Crippen molar-refractivity contribution in [1.82, 2.24) is 0 Å². The molecule has 0 spiro atoms. The van der Waals surface area contributed by atoms with Gasteiger partial charge in [-0.25, -0.2) is 0 Å². The van der Waals surface area contributed by atoms with Crippen molar-refractivity contribution < 1.29 is 0 Å². The van der Waals surface area contributed by atoms with E-state index in [1.165, 1.54) is 18.6 Å². The molecule has 4 heteroatoms. The number of thioether (sulfide) groups is 1. The van der Waals surface area contributed by atoms with Crippen LogP contribution in [-0.4, -0.2) is 17.0 Å². The Morgan fingerprint density at radius 2 is 2.41 bits per heavy atom. The standard InChI is InChI=1S/C13H17N3S/c1-13(6-3-7-17-13)9-16-11-5-2-4-10(8-14)12(11)15/h2,4-5,16H,3,6-7,9,15H2,1H3. The minimum atomic E-state index is 0.301. The van der Waals surface area contributed by atoms with Crippen LogP contribution in [0.15, 0.2) is 18.2 Å². The predicted octanol–water partition coefficient (Wildman–Crippen LogP) is 2.84. The number of nitrogen functional groups attached to an aromatic ring is 1. The maximum Gasteiger partial charge on any atom is 0.101 e. The molecule has 2 rings (SSSR count). The van der Waals surface area contributed by atoms with Gasteiger partial charge in [-0.15, -0.1) is 0 Å². The van der Waals surface area contributed by atoms with Crippen molar-refractivity contribution in [2.24, 2.45) is 0 Å². The van der Waals surface area contributed by atoms with E-state index in [9.17, 15) is 0 Å². The van der Waals surface area contributed by atoms with E-state index in [1.807, 2.05) is 23.9 Å². The van der Waals surface area contributed by atoms with Crippen molar-refractivity contribution in [2.45, 2.75) is 24.5 Å². The number of para-hydroxylation sites is 1. The summed E-state index contributed by atoms with van der Waals surface area (Å²) >= 11 is 2.01. The molecule has 1 unspecified atom stereocenters. The molecule has 0 amide bonds. The maximum absolute atomic E-state index is 8.91. The van der Waals surface area contributed by atoms with Gasteiger partial charge >= 0.3 is 0 Å². The van der Waals surface area contributed by atoms with E-state index in [2.05, 4.69) is 18.3 Å². The van der Waals surface area contributed by atoms with Gasteiger partial charge in [0.1, 0.15) is 6.07 Å². The van der Waals surface area contributed by atoms with Crippen LogP contribution in [0, 0.1) is 11.3 Å². The monoisotopic (exact) mass is 247 g/mol. The van der Waals surface area contributed by atoms with Gasteiger partial charge in [0.25, 0.3) is 0 Å².